The van der Waals surface area contributed by atoms with Gasteiger partial charge < -0.3 is 9.47 Å². The van der Waals surface area contributed by atoms with E-state index in [-0.39, 0.29) is 12.2 Å². The number of ether oxygens (including phenoxy) is 2. The van der Waals surface area contributed by atoms with Gasteiger partial charge in [-0.3, -0.25) is 0 Å². The Labute approximate surface area is 68.9 Å². The van der Waals surface area contributed by atoms with Gasteiger partial charge in [0, 0.05) is 14.2 Å². The molecule has 1 aliphatic rings. The minimum absolute atomic E-state index is 0.260. The third kappa shape index (κ3) is 2.17. The van der Waals surface area contributed by atoms with Gasteiger partial charge in [-0.2, -0.15) is 0 Å². The Morgan fingerprint density at radius 2 is 1.73 bits per heavy atom. The molecule has 3 unspecified atom stereocenters. The lowest BCUT2D eigenvalue weighted by atomic mass is 9.86. The van der Waals surface area contributed by atoms with Crippen LogP contribution in [0, 0.1) is 12.8 Å². The van der Waals surface area contributed by atoms with Crippen molar-refractivity contribution in [1.29, 1.82) is 0 Å². The highest BCUT2D eigenvalue weighted by Gasteiger charge is 2.28. The van der Waals surface area contributed by atoms with Gasteiger partial charge >= 0.3 is 0 Å². The molecule has 0 spiro atoms. The van der Waals surface area contributed by atoms with Crippen molar-refractivity contribution in [2.45, 2.75) is 31.5 Å². The monoisotopic (exact) mass is 157 g/mol. The van der Waals surface area contributed by atoms with Crippen molar-refractivity contribution >= 4 is 0 Å². The number of rotatable bonds is 2. The topological polar surface area (TPSA) is 18.5 Å². The van der Waals surface area contributed by atoms with E-state index in [2.05, 4.69) is 6.92 Å². The smallest absolute Gasteiger partial charge is 0.0835 e. The molecule has 65 valence electrons. The summed E-state index contributed by atoms with van der Waals surface area (Å²) in [5.74, 6) is 0.548. The van der Waals surface area contributed by atoms with Gasteiger partial charge in [0.25, 0.3) is 0 Å². The lowest BCUT2D eigenvalue weighted by Gasteiger charge is -2.32. The van der Waals surface area contributed by atoms with Crippen LogP contribution in [0.2, 0.25) is 0 Å². The summed E-state index contributed by atoms with van der Waals surface area (Å²) < 4.78 is 10.6. The largest absolute Gasteiger partial charge is 0.379 e. The van der Waals surface area contributed by atoms with Crippen molar-refractivity contribution in [1.82, 2.24) is 0 Å². The van der Waals surface area contributed by atoms with Crippen LogP contribution in [0.4, 0.5) is 0 Å². The van der Waals surface area contributed by atoms with E-state index in [4.69, 9.17) is 9.47 Å². The van der Waals surface area contributed by atoms with Crippen LogP contribution in [0.25, 0.3) is 0 Å². The van der Waals surface area contributed by atoms with Crippen LogP contribution >= 0.6 is 0 Å². The summed E-state index contributed by atoms with van der Waals surface area (Å²) in [7, 11) is 3.49. The predicted octanol–water partition coefficient (Wildman–Crippen LogP) is 1.65. The van der Waals surface area contributed by atoms with E-state index in [1.54, 1.807) is 14.2 Å². The Kier molecular flexibility index (Phi) is 3.34. The summed E-state index contributed by atoms with van der Waals surface area (Å²) in [6.45, 7) is 4.03. The highest BCUT2D eigenvalue weighted by molar-refractivity contribution is 4.82. The normalized spacial score (nSPS) is 39.0. The van der Waals surface area contributed by atoms with E-state index in [0.717, 1.165) is 12.8 Å². The second-order valence-corrected chi connectivity index (χ2v) is 3.23. The molecule has 0 saturated heterocycles. The third-order valence-electron chi connectivity index (χ3n) is 2.45. The Morgan fingerprint density at radius 3 is 2.27 bits per heavy atom. The van der Waals surface area contributed by atoms with E-state index in [9.17, 15) is 0 Å². The third-order valence-corrected chi connectivity index (χ3v) is 2.45. The average molecular weight is 157 g/mol. The Bertz CT molecular complexity index is 114. The molecule has 1 aliphatic carbocycles. The molecule has 1 saturated carbocycles. The molecule has 0 aliphatic heterocycles. The molecule has 0 heterocycles. The summed E-state index contributed by atoms with van der Waals surface area (Å²) >= 11 is 0. The van der Waals surface area contributed by atoms with Crippen molar-refractivity contribution in [3.63, 3.8) is 0 Å². The quantitative estimate of drug-likeness (QED) is 0.606. The molecule has 2 nitrogen and oxygen atoms in total. The lowest BCUT2D eigenvalue weighted by Crippen LogP contribution is -2.35. The van der Waals surface area contributed by atoms with Crippen molar-refractivity contribution in [3.8, 4) is 0 Å². The molecule has 1 rings (SSSR count). The zero-order valence-electron chi connectivity index (χ0n) is 7.38. The first kappa shape index (κ1) is 9.01. The SMILES string of the molecule is [CH2]C1CCC(OC)C(OC)C1. The molecule has 1 radical (unpaired) electrons. The molecule has 0 amide bonds. The maximum absolute atomic E-state index is 5.30. The van der Waals surface area contributed by atoms with E-state index < -0.39 is 0 Å². The highest BCUT2D eigenvalue weighted by Crippen LogP contribution is 2.27. The number of methoxy groups -OCH3 is 2. The first-order valence-corrected chi connectivity index (χ1v) is 4.16. The molecule has 11 heavy (non-hydrogen) atoms. The maximum Gasteiger partial charge on any atom is 0.0835 e. The minimum Gasteiger partial charge on any atom is -0.379 e. The summed E-state index contributed by atoms with van der Waals surface area (Å²) in [5, 5.41) is 0. The molecule has 2 heteroatoms. The van der Waals surface area contributed by atoms with Gasteiger partial charge in [0.1, 0.15) is 0 Å². The van der Waals surface area contributed by atoms with Crippen LogP contribution in [0.15, 0.2) is 0 Å². The zero-order chi connectivity index (χ0) is 8.27. The molecule has 0 aromatic rings. The summed E-state index contributed by atoms with van der Waals surface area (Å²) in [6.07, 6.45) is 3.84. The molecular weight excluding hydrogens is 140 g/mol. The van der Waals surface area contributed by atoms with Gasteiger partial charge in [0.15, 0.2) is 0 Å². The number of hydrogen-bond donors (Lipinski definition) is 0. The summed E-state index contributed by atoms with van der Waals surface area (Å²) in [6, 6.07) is 0. The van der Waals surface area contributed by atoms with Crippen molar-refractivity contribution < 1.29 is 9.47 Å². The fourth-order valence-electron chi connectivity index (χ4n) is 1.70. The maximum atomic E-state index is 5.30. The first-order valence-electron chi connectivity index (χ1n) is 4.16. The molecule has 0 bridgehead atoms. The lowest BCUT2D eigenvalue weighted by molar-refractivity contribution is -0.0658. The van der Waals surface area contributed by atoms with E-state index in [1.807, 2.05) is 0 Å². The Balaban J connectivity index is 2.41. The van der Waals surface area contributed by atoms with E-state index >= 15 is 0 Å². The van der Waals surface area contributed by atoms with Crippen molar-refractivity contribution in [2.75, 3.05) is 14.2 Å². The second kappa shape index (κ2) is 4.07. The van der Waals surface area contributed by atoms with Gasteiger partial charge in [-0.25, -0.2) is 0 Å². The predicted molar refractivity (Wildman–Crippen MR) is 44.3 cm³/mol. The van der Waals surface area contributed by atoms with Gasteiger partial charge in [0.2, 0.25) is 0 Å². The second-order valence-electron chi connectivity index (χ2n) is 3.23. The van der Waals surface area contributed by atoms with E-state index in [0.29, 0.717) is 5.92 Å². The van der Waals surface area contributed by atoms with E-state index in [1.165, 1.54) is 6.42 Å². The van der Waals surface area contributed by atoms with Crippen LogP contribution in [0.5, 0.6) is 0 Å². The van der Waals surface area contributed by atoms with Crippen LogP contribution in [-0.2, 0) is 9.47 Å². The molecule has 3 atom stereocenters. The van der Waals surface area contributed by atoms with Gasteiger partial charge in [0.05, 0.1) is 12.2 Å². The van der Waals surface area contributed by atoms with Crippen LogP contribution in [0.1, 0.15) is 19.3 Å². The standard InChI is InChI=1S/C9H17O2/c1-7-4-5-8(10-2)9(6-7)11-3/h7-9H,1,4-6H2,2-3H3. The van der Waals surface area contributed by atoms with Gasteiger partial charge in [-0.15, -0.1) is 0 Å². The fraction of sp³-hybridized carbons (Fsp3) is 0.889. The Morgan fingerprint density at radius 1 is 1.09 bits per heavy atom. The summed E-state index contributed by atoms with van der Waals surface area (Å²) in [5.41, 5.74) is 0. The van der Waals surface area contributed by atoms with Gasteiger partial charge in [-0.05, 0) is 25.2 Å². The first-order chi connectivity index (χ1) is 5.27. The van der Waals surface area contributed by atoms with Gasteiger partial charge in [-0.1, -0.05) is 6.92 Å². The van der Waals surface area contributed by atoms with Crippen LogP contribution < -0.4 is 0 Å². The highest BCUT2D eigenvalue weighted by atomic mass is 16.5. The van der Waals surface area contributed by atoms with Crippen LogP contribution in [-0.4, -0.2) is 26.4 Å². The fourth-order valence-corrected chi connectivity index (χ4v) is 1.70. The minimum atomic E-state index is 0.260. The molecule has 0 N–H and O–H groups in total. The van der Waals surface area contributed by atoms with Crippen molar-refractivity contribution in [2.24, 2.45) is 5.92 Å². The number of hydrogen-bond acceptors (Lipinski definition) is 2. The molecule has 0 aromatic carbocycles. The molecule has 0 aromatic heterocycles. The zero-order valence-corrected chi connectivity index (χ0v) is 7.38. The summed E-state index contributed by atoms with van der Waals surface area (Å²) in [4.78, 5) is 0. The van der Waals surface area contributed by atoms with Crippen LogP contribution in [0.3, 0.4) is 0 Å². The molecular formula is C9H17O2. The van der Waals surface area contributed by atoms with Crippen molar-refractivity contribution in [3.05, 3.63) is 6.92 Å². The molecule has 1 fully saturated rings. The average Bonchev–Trinajstić information content (AvgIpc) is 2.04. The Hall–Kier alpha value is -0.0800.